The molecule has 5 aliphatic carbocycles. The van der Waals surface area contributed by atoms with Crippen LogP contribution in [0, 0.1) is 0 Å². The highest BCUT2D eigenvalue weighted by atomic mass is 16.5. The molecule has 0 aliphatic heterocycles. The van der Waals surface area contributed by atoms with E-state index < -0.39 is 17.9 Å². The number of benzene rings is 4. The number of amides is 1. The SMILES string of the molecule is CCOC=O.Nc1ccc(C(=O)O)cc1.Nc1cccnc1.O=C(Nc1cccnc1)c1ccc2[nH]c3c(c2c1)CCCC3=O.O=C(O)c1ccc2[nH]c3c(c2c1)CCCC3=O.O=C1CCCC/C1=C/O.O=C1CCCC/C1=N/Nc1ccc(C(=O)O)cc1.O=C1CCCCC1. The van der Waals surface area contributed by atoms with Gasteiger partial charge in [-0.1, -0.05) is 6.42 Å². The number of nitrogens with zero attached hydrogens (tertiary/aromatic N) is 3. The van der Waals surface area contributed by atoms with Crippen molar-refractivity contribution in [1.82, 2.24) is 19.9 Å². The minimum absolute atomic E-state index is 0.0934. The molecule has 4 aromatic carbocycles. The van der Waals surface area contributed by atoms with Gasteiger partial charge < -0.3 is 51.9 Å². The Morgan fingerprint density at radius 1 is 0.531 bits per heavy atom. The van der Waals surface area contributed by atoms with Crippen molar-refractivity contribution in [2.75, 3.05) is 28.8 Å². The fraction of sp³-hybridized carbons (Fsp3) is 0.292. The average molecular weight is 1310 g/mol. The van der Waals surface area contributed by atoms with Gasteiger partial charge in [-0.05, 0) is 204 Å². The van der Waals surface area contributed by atoms with Crippen LogP contribution in [0.3, 0.4) is 0 Å². The first-order valence-electron chi connectivity index (χ1n) is 31.5. The molecule has 96 heavy (non-hydrogen) atoms. The van der Waals surface area contributed by atoms with Crippen LogP contribution in [0.2, 0.25) is 0 Å². The zero-order chi connectivity index (χ0) is 69.4. The third-order valence-corrected chi connectivity index (χ3v) is 15.4. The Kier molecular flexibility index (Phi) is 29.6. The number of allylic oxidation sites excluding steroid dienone is 1. The van der Waals surface area contributed by atoms with Gasteiger partial charge in [-0.3, -0.25) is 49.0 Å². The van der Waals surface area contributed by atoms with E-state index in [-0.39, 0.29) is 45.7 Å². The first-order chi connectivity index (χ1) is 46.3. The van der Waals surface area contributed by atoms with Crippen molar-refractivity contribution in [3.05, 3.63) is 191 Å². The molecule has 0 atom stereocenters. The Balaban J connectivity index is 0.000000182. The molecule has 4 heterocycles. The number of aryl methyl sites for hydroxylation is 2. The number of hydrazone groups is 1. The highest BCUT2D eigenvalue weighted by molar-refractivity contribution is 6.40. The van der Waals surface area contributed by atoms with Crippen LogP contribution < -0.4 is 22.2 Å². The van der Waals surface area contributed by atoms with Gasteiger partial charge in [-0.2, -0.15) is 5.10 Å². The van der Waals surface area contributed by atoms with Crippen molar-refractivity contribution < 1.29 is 73.1 Å². The largest absolute Gasteiger partial charge is 0.515 e. The molecule has 0 bridgehead atoms. The maximum absolute atomic E-state index is 12.4. The molecule has 1 amide bonds. The monoisotopic (exact) mass is 1310 g/mol. The Bertz CT molecular complexity index is 4040. The zero-order valence-corrected chi connectivity index (χ0v) is 53.3. The van der Waals surface area contributed by atoms with Crippen LogP contribution >= 0.6 is 0 Å². The van der Waals surface area contributed by atoms with Crippen LogP contribution in [-0.2, 0) is 36.8 Å². The third kappa shape index (κ3) is 23.3. The fourth-order valence-corrected chi connectivity index (χ4v) is 10.4. The topological polar surface area (TPSA) is 407 Å². The van der Waals surface area contributed by atoms with Gasteiger partial charge in [0.1, 0.15) is 11.5 Å². The van der Waals surface area contributed by atoms with Gasteiger partial charge in [0.15, 0.2) is 23.1 Å². The van der Waals surface area contributed by atoms with Crippen LogP contribution in [0.15, 0.2) is 151 Å². The number of aliphatic hydroxyl groups is 1. The van der Waals surface area contributed by atoms with E-state index in [1.54, 1.807) is 105 Å². The number of ether oxygens (including phenoxy) is 1. The molecule has 3 saturated carbocycles. The number of hydrogen-bond donors (Lipinski definition) is 10. The summed E-state index contributed by atoms with van der Waals surface area (Å²) in [6, 6.07) is 29.9. The van der Waals surface area contributed by atoms with Crippen molar-refractivity contribution in [2.45, 2.75) is 129 Å². The van der Waals surface area contributed by atoms with Crippen LogP contribution in [0.25, 0.3) is 21.8 Å². The summed E-state index contributed by atoms with van der Waals surface area (Å²) < 4.78 is 4.15. The van der Waals surface area contributed by atoms with Crippen molar-refractivity contribution in [3.8, 4) is 0 Å². The van der Waals surface area contributed by atoms with Gasteiger partial charge in [-0.15, -0.1) is 0 Å². The number of pyridine rings is 2. The predicted molar refractivity (Wildman–Crippen MR) is 365 cm³/mol. The molecule has 8 aromatic rings. The number of aromatic amines is 2. The van der Waals surface area contributed by atoms with Gasteiger partial charge in [0, 0.05) is 95.7 Å². The van der Waals surface area contributed by atoms with E-state index >= 15 is 0 Å². The molecule has 5 aliphatic rings. The van der Waals surface area contributed by atoms with E-state index in [1.807, 2.05) is 12.1 Å². The van der Waals surface area contributed by atoms with Crippen molar-refractivity contribution in [3.63, 3.8) is 0 Å². The Hall–Kier alpha value is -11.4. The maximum atomic E-state index is 12.4. The quantitative estimate of drug-likeness (QED) is 0.0211. The fourth-order valence-electron chi connectivity index (χ4n) is 10.4. The molecule has 4 aromatic heterocycles. The Morgan fingerprint density at radius 3 is 1.46 bits per heavy atom. The highest BCUT2D eigenvalue weighted by Gasteiger charge is 2.24. The lowest BCUT2D eigenvalue weighted by molar-refractivity contribution is -0.128. The number of nitrogens with two attached hydrogens (primary N) is 2. The summed E-state index contributed by atoms with van der Waals surface area (Å²) in [6.45, 7) is 2.66. The van der Waals surface area contributed by atoms with Crippen LogP contribution in [0.5, 0.6) is 0 Å². The molecular formula is C72H79N9O15. The summed E-state index contributed by atoms with van der Waals surface area (Å²) in [5, 5.41) is 43.4. The van der Waals surface area contributed by atoms with Gasteiger partial charge >= 0.3 is 17.9 Å². The lowest BCUT2D eigenvalue weighted by atomic mass is 9.94. The second-order valence-electron chi connectivity index (χ2n) is 22.4. The number of Topliss-reactive ketones (excluding diaryl/α,β-unsaturated/α-hetero) is 5. The van der Waals surface area contributed by atoms with Gasteiger partial charge in [0.05, 0.1) is 64.2 Å². The van der Waals surface area contributed by atoms with Crippen molar-refractivity contribution in [1.29, 1.82) is 0 Å². The molecular weight excluding hydrogens is 1230 g/mol. The predicted octanol–water partition coefficient (Wildman–Crippen LogP) is 12.9. The summed E-state index contributed by atoms with van der Waals surface area (Å²) in [5.41, 5.74) is 23.6. The molecule has 0 unspecified atom stereocenters. The van der Waals surface area contributed by atoms with Crippen LogP contribution in [0.4, 0.5) is 22.7 Å². The molecule has 3 fully saturated rings. The first kappa shape index (κ1) is 73.6. The minimum Gasteiger partial charge on any atom is -0.515 e. The number of nitrogen functional groups attached to an aromatic ring is 2. The smallest absolute Gasteiger partial charge is 0.335 e. The number of aromatic carboxylic acids is 3. The number of H-pyrrole nitrogens is 2. The number of fused-ring (bicyclic) bond motifs is 6. The van der Waals surface area contributed by atoms with Crippen molar-refractivity contribution in [2.24, 2.45) is 5.10 Å². The molecule has 0 saturated heterocycles. The van der Waals surface area contributed by atoms with E-state index in [2.05, 4.69) is 40.5 Å². The van der Waals surface area contributed by atoms with E-state index in [9.17, 15) is 47.9 Å². The Labute approximate surface area is 553 Å². The lowest BCUT2D eigenvalue weighted by Gasteiger charge is -2.11. The number of ketones is 5. The van der Waals surface area contributed by atoms with Crippen molar-refractivity contribution >= 4 is 109 Å². The summed E-state index contributed by atoms with van der Waals surface area (Å²) in [6.07, 6.45) is 23.9. The second kappa shape index (κ2) is 38.6. The number of aromatic nitrogens is 4. The number of carbonyl (C=O) groups excluding carboxylic acids is 7. The number of carbonyl (C=O) groups is 10. The number of carboxylic acid groups (broad SMARTS) is 3. The Morgan fingerprint density at radius 2 is 1.02 bits per heavy atom. The van der Waals surface area contributed by atoms with Crippen LogP contribution in [-0.4, -0.2) is 112 Å². The second-order valence-corrected chi connectivity index (χ2v) is 22.4. The van der Waals surface area contributed by atoms with E-state index in [0.29, 0.717) is 102 Å². The van der Waals surface area contributed by atoms with Gasteiger partial charge in [-0.25, -0.2) is 14.4 Å². The summed E-state index contributed by atoms with van der Waals surface area (Å²) in [4.78, 5) is 124. The molecule has 13 rings (SSSR count). The highest BCUT2D eigenvalue weighted by Crippen LogP contribution is 2.32. The van der Waals surface area contributed by atoms with E-state index in [0.717, 1.165) is 123 Å². The molecule has 0 spiro atoms. The number of anilines is 4. The summed E-state index contributed by atoms with van der Waals surface area (Å²) in [5.74, 6) is -2.06. The lowest BCUT2D eigenvalue weighted by Crippen LogP contribution is -2.19. The van der Waals surface area contributed by atoms with E-state index in [1.165, 1.54) is 30.7 Å². The number of aliphatic hydroxyl groups excluding tert-OH is 1. The number of hydrogen-bond acceptors (Lipinski definition) is 18. The normalized spacial score (nSPS) is 15.2. The molecule has 24 nitrogen and oxygen atoms in total. The average Bonchev–Trinajstić information content (AvgIpc) is 1.65. The molecule has 12 N–H and O–H groups in total. The first-order valence-corrected chi connectivity index (χ1v) is 31.5. The number of rotatable bonds is 9. The number of carboxylic acids is 3. The maximum Gasteiger partial charge on any atom is 0.335 e. The third-order valence-electron chi connectivity index (χ3n) is 15.4. The zero-order valence-electron chi connectivity index (χ0n) is 53.3. The summed E-state index contributed by atoms with van der Waals surface area (Å²) >= 11 is 0. The van der Waals surface area contributed by atoms with Gasteiger partial charge in [0.2, 0.25) is 0 Å². The molecule has 0 radical (unpaired) electrons. The van der Waals surface area contributed by atoms with Gasteiger partial charge in [0.25, 0.3) is 12.4 Å². The number of nitrogens with one attached hydrogen (secondary N) is 4. The molecule has 24 heteroatoms. The molecule has 502 valence electrons. The van der Waals surface area contributed by atoms with Crippen LogP contribution in [0.1, 0.15) is 190 Å². The minimum atomic E-state index is -0.963. The summed E-state index contributed by atoms with van der Waals surface area (Å²) in [7, 11) is 0. The van der Waals surface area contributed by atoms with E-state index in [4.69, 9.17) is 31.9 Å². The standard InChI is InChI=1S/C18H15N3O2.C13H14N2O3.C13H11NO3.C7H7NO2.C7H10O2.C6H10O.C5H6N2.C3H6O2/c22-16-5-1-4-13-14-9-11(6-7-15(14)21-17(13)16)18(23)20-12-3-2-8-19-10-12;16-12-4-2-1-3-11(12)15-14-10-7-5-9(6-8-10)13(17)18;15-11-3-1-2-8-9-6-7(13(16)17)4-5-10(9)14-12(8)11;8-6-3-1-5(2-4-6)7(9)10;8-5-6-3-1-2-4-7(6)9;7-6-4-2-1-3-5-6;6-5-2-1-3-7-4-5;1-2-5-3-4/h2-3,6-10,21H,1,4-5H2,(H,20,23);5-8,14H,1-4H2,(H,17,18);4-6,14H,1-3H2,(H,16,17);1-4H,8H2,(H,9,10);5,8H,1-4H2;1-5H2;1-4H,6H2;3H,2H2,1H3/b;15-11-;;;6-5-;;;.